The third-order valence-electron chi connectivity index (χ3n) is 15.7. The standard InChI is InChI=1S/C65H129NO5/c1-3-5-7-9-11-13-15-17-18-19-20-24-27-30-34-37-41-45-49-53-57-63(68)62(61-67)66-64(69)58-54-50-46-42-38-35-31-28-25-22-21-23-26-29-32-36-40-44-48-52-56-60-71-65(70)59-55-51-47-43-39-33-16-14-12-10-8-6-4-2/h62-63,67-68H,3-61H2,1-2H3,(H,66,69). The summed E-state index contributed by atoms with van der Waals surface area (Å²) in [5.41, 5.74) is 0. The maximum absolute atomic E-state index is 12.5. The van der Waals surface area contributed by atoms with Crippen molar-refractivity contribution >= 4 is 11.9 Å². The van der Waals surface area contributed by atoms with E-state index in [4.69, 9.17) is 4.74 Å². The van der Waals surface area contributed by atoms with Gasteiger partial charge in [-0.2, -0.15) is 0 Å². The second kappa shape index (κ2) is 61.4. The van der Waals surface area contributed by atoms with E-state index in [1.54, 1.807) is 0 Å². The van der Waals surface area contributed by atoms with Gasteiger partial charge in [0.15, 0.2) is 0 Å². The number of unbranched alkanes of at least 4 members (excludes halogenated alkanes) is 51. The van der Waals surface area contributed by atoms with Gasteiger partial charge in [0.2, 0.25) is 5.91 Å². The smallest absolute Gasteiger partial charge is 0.305 e. The van der Waals surface area contributed by atoms with Crippen LogP contribution in [0.3, 0.4) is 0 Å². The van der Waals surface area contributed by atoms with Crippen molar-refractivity contribution < 1.29 is 24.5 Å². The van der Waals surface area contributed by atoms with Crippen LogP contribution in [0.1, 0.15) is 380 Å². The Morgan fingerprint density at radius 1 is 0.338 bits per heavy atom. The molecule has 71 heavy (non-hydrogen) atoms. The molecule has 0 aliphatic carbocycles. The van der Waals surface area contributed by atoms with E-state index in [1.807, 2.05) is 0 Å². The van der Waals surface area contributed by atoms with Crippen LogP contribution in [0.4, 0.5) is 0 Å². The molecule has 3 N–H and O–H groups in total. The molecule has 0 aromatic carbocycles. The molecule has 0 rings (SSSR count). The van der Waals surface area contributed by atoms with Crippen LogP contribution in [0.5, 0.6) is 0 Å². The maximum atomic E-state index is 12.5. The molecule has 0 bridgehead atoms. The number of hydrogen-bond donors (Lipinski definition) is 3. The zero-order valence-electron chi connectivity index (χ0n) is 48.5. The van der Waals surface area contributed by atoms with Gasteiger partial charge in [-0.15, -0.1) is 0 Å². The second-order valence-corrected chi connectivity index (χ2v) is 22.8. The van der Waals surface area contributed by atoms with Crippen molar-refractivity contribution in [3.05, 3.63) is 0 Å². The highest BCUT2D eigenvalue weighted by Gasteiger charge is 2.20. The number of amides is 1. The molecule has 0 saturated carbocycles. The van der Waals surface area contributed by atoms with E-state index < -0.39 is 12.1 Å². The third-order valence-corrected chi connectivity index (χ3v) is 15.7. The van der Waals surface area contributed by atoms with Gasteiger partial charge >= 0.3 is 5.97 Å². The Morgan fingerprint density at radius 3 is 0.859 bits per heavy atom. The lowest BCUT2D eigenvalue weighted by molar-refractivity contribution is -0.143. The number of esters is 1. The number of aliphatic hydroxyl groups excluding tert-OH is 2. The van der Waals surface area contributed by atoms with Crippen LogP contribution in [0.2, 0.25) is 0 Å². The summed E-state index contributed by atoms with van der Waals surface area (Å²) in [4.78, 5) is 24.6. The summed E-state index contributed by atoms with van der Waals surface area (Å²) >= 11 is 0. The van der Waals surface area contributed by atoms with Gasteiger partial charge in [-0.3, -0.25) is 9.59 Å². The maximum Gasteiger partial charge on any atom is 0.305 e. The Labute approximate surface area is 445 Å². The molecule has 0 spiro atoms. The molecule has 0 fully saturated rings. The second-order valence-electron chi connectivity index (χ2n) is 22.8. The topological polar surface area (TPSA) is 95.9 Å². The summed E-state index contributed by atoms with van der Waals surface area (Å²) in [6.45, 7) is 4.99. The first-order valence-electron chi connectivity index (χ1n) is 32.8. The first kappa shape index (κ1) is 69.9. The van der Waals surface area contributed by atoms with Gasteiger partial charge < -0.3 is 20.3 Å². The van der Waals surface area contributed by atoms with Gasteiger partial charge in [0.25, 0.3) is 0 Å². The van der Waals surface area contributed by atoms with Gasteiger partial charge in [-0.1, -0.05) is 341 Å². The van der Waals surface area contributed by atoms with Crippen LogP contribution in [-0.4, -0.2) is 47.4 Å². The number of carbonyl (C=O) groups excluding carboxylic acids is 2. The SMILES string of the molecule is CCCCCCCCCCCCCCCCCCCCCCC(O)C(CO)NC(=O)CCCCCCCCCCCCCCCCCCCCCCCOC(=O)CCCCCCCCCCCCCCC. The summed E-state index contributed by atoms with van der Waals surface area (Å²) in [5, 5.41) is 23.4. The predicted octanol–water partition coefficient (Wildman–Crippen LogP) is 20.6. The van der Waals surface area contributed by atoms with E-state index in [2.05, 4.69) is 19.2 Å². The number of aliphatic hydroxyl groups is 2. The molecule has 2 atom stereocenters. The summed E-state index contributed by atoms with van der Waals surface area (Å²) < 4.78 is 5.48. The molecule has 0 aliphatic heterocycles. The molecular formula is C65H129NO5. The molecule has 1 amide bonds. The molecule has 2 unspecified atom stereocenters. The van der Waals surface area contributed by atoms with Crippen molar-refractivity contribution in [2.75, 3.05) is 13.2 Å². The minimum atomic E-state index is -0.664. The van der Waals surface area contributed by atoms with Gasteiger partial charge in [0.05, 0.1) is 25.4 Å². The molecule has 6 nitrogen and oxygen atoms in total. The van der Waals surface area contributed by atoms with Crippen LogP contribution < -0.4 is 5.32 Å². The van der Waals surface area contributed by atoms with Gasteiger partial charge in [-0.05, 0) is 25.7 Å². The average molecular weight is 1000 g/mol. The number of nitrogens with one attached hydrogen (secondary N) is 1. The Hall–Kier alpha value is -1.14. The molecule has 0 aromatic heterocycles. The van der Waals surface area contributed by atoms with E-state index in [0.717, 1.165) is 38.5 Å². The van der Waals surface area contributed by atoms with E-state index in [0.29, 0.717) is 25.9 Å². The fourth-order valence-electron chi connectivity index (χ4n) is 10.6. The van der Waals surface area contributed by atoms with Crippen LogP contribution in [0.25, 0.3) is 0 Å². The Morgan fingerprint density at radius 2 is 0.577 bits per heavy atom. The molecule has 0 aliphatic rings. The predicted molar refractivity (Wildman–Crippen MR) is 310 cm³/mol. The van der Waals surface area contributed by atoms with E-state index in [1.165, 1.54) is 308 Å². The van der Waals surface area contributed by atoms with Crippen LogP contribution in [0.15, 0.2) is 0 Å². The number of rotatable bonds is 62. The fourth-order valence-corrected chi connectivity index (χ4v) is 10.6. The van der Waals surface area contributed by atoms with Gasteiger partial charge in [-0.25, -0.2) is 0 Å². The van der Waals surface area contributed by atoms with Crippen LogP contribution >= 0.6 is 0 Å². The summed E-state index contributed by atoms with van der Waals surface area (Å²) in [7, 11) is 0. The first-order valence-corrected chi connectivity index (χ1v) is 32.8. The summed E-state index contributed by atoms with van der Waals surface area (Å²) in [5.74, 6) is -0.0162. The van der Waals surface area contributed by atoms with Crippen LogP contribution in [-0.2, 0) is 14.3 Å². The lowest BCUT2D eigenvalue weighted by Crippen LogP contribution is -2.45. The number of hydrogen-bond acceptors (Lipinski definition) is 5. The number of carbonyl (C=O) groups is 2. The Kier molecular flexibility index (Phi) is 60.4. The van der Waals surface area contributed by atoms with Gasteiger partial charge in [0, 0.05) is 12.8 Å². The molecule has 0 aromatic rings. The summed E-state index contributed by atoms with van der Waals surface area (Å²) in [6, 6.07) is -0.542. The average Bonchev–Trinajstić information content (AvgIpc) is 3.37. The monoisotopic (exact) mass is 1000 g/mol. The molecule has 0 saturated heterocycles. The van der Waals surface area contributed by atoms with Crippen molar-refractivity contribution in [2.45, 2.75) is 392 Å². The highest BCUT2D eigenvalue weighted by Crippen LogP contribution is 2.19. The normalized spacial score (nSPS) is 12.5. The first-order chi connectivity index (χ1) is 35.0. The van der Waals surface area contributed by atoms with E-state index in [-0.39, 0.29) is 18.5 Å². The molecule has 424 valence electrons. The molecule has 0 radical (unpaired) electrons. The lowest BCUT2D eigenvalue weighted by atomic mass is 10.0. The quantitative estimate of drug-likeness (QED) is 0.0417. The Balaban J connectivity index is 3.37. The zero-order chi connectivity index (χ0) is 51.4. The van der Waals surface area contributed by atoms with Crippen LogP contribution in [0, 0.1) is 0 Å². The Bertz CT molecular complexity index is 1020. The minimum absolute atomic E-state index is 0.0149. The number of ether oxygens (including phenoxy) is 1. The molecule has 6 heteroatoms. The highest BCUT2D eigenvalue weighted by molar-refractivity contribution is 5.76. The van der Waals surface area contributed by atoms with Crippen molar-refractivity contribution in [1.82, 2.24) is 5.32 Å². The fraction of sp³-hybridized carbons (Fsp3) is 0.969. The van der Waals surface area contributed by atoms with Gasteiger partial charge in [0.1, 0.15) is 0 Å². The summed E-state index contributed by atoms with van der Waals surface area (Å²) in [6.07, 6.45) is 72.6. The molecular weight excluding hydrogens is 875 g/mol. The highest BCUT2D eigenvalue weighted by atomic mass is 16.5. The van der Waals surface area contributed by atoms with Crippen molar-refractivity contribution in [3.8, 4) is 0 Å². The van der Waals surface area contributed by atoms with Crippen molar-refractivity contribution in [2.24, 2.45) is 0 Å². The minimum Gasteiger partial charge on any atom is -0.466 e. The largest absolute Gasteiger partial charge is 0.466 e. The third kappa shape index (κ3) is 58.0. The lowest BCUT2D eigenvalue weighted by Gasteiger charge is -2.22. The van der Waals surface area contributed by atoms with Crippen molar-refractivity contribution in [3.63, 3.8) is 0 Å². The van der Waals surface area contributed by atoms with Crippen molar-refractivity contribution in [1.29, 1.82) is 0 Å². The zero-order valence-corrected chi connectivity index (χ0v) is 48.5. The van der Waals surface area contributed by atoms with E-state index in [9.17, 15) is 19.8 Å². The molecule has 0 heterocycles. The van der Waals surface area contributed by atoms with E-state index >= 15 is 0 Å².